The Bertz CT molecular complexity index is 500. The summed E-state index contributed by atoms with van der Waals surface area (Å²) in [6.07, 6.45) is 0. The molecule has 0 saturated carbocycles. The van der Waals surface area contributed by atoms with Gasteiger partial charge < -0.3 is 20.1 Å². The third-order valence-electron chi connectivity index (χ3n) is 3.45. The highest BCUT2D eigenvalue weighted by Gasteiger charge is 2.33. The van der Waals surface area contributed by atoms with Gasteiger partial charge in [-0.15, -0.1) is 0 Å². The van der Waals surface area contributed by atoms with Gasteiger partial charge in [-0.1, -0.05) is 0 Å². The maximum atomic E-state index is 12.1. The molecular formula is C15H22N2O3. The van der Waals surface area contributed by atoms with Gasteiger partial charge in [0.05, 0.1) is 36.6 Å². The third-order valence-corrected chi connectivity index (χ3v) is 3.45. The van der Waals surface area contributed by atoms with Crippen molar-refractivity contribution in [2.75, 3.05) is 37.0 Å². The lowest BCUT2D eigenvalue weighted by molar-refractivity contribution is 0.0519. The predicted octanol–water partition coefficient (Wildman–Crippen LogP) is 2.06. The van der Waals surface area contributed by atoms with Gasteiger partial charge in [0.2, 0.25) is 0 Å². The Morgan fingerprint density at radius 3 is 2.90 bits per heavy atom. The highest BCUT2D eigenvalue weighted by molar-refractivity contribution is 5.97. The van der Waals surface area contributed by atoms with E-state index in [0.29, 0.717) is 31.1 Å². The van der Waals surface area contributed by atoms with Crippen LogP contribution in [0.1, 0.15) is 31.1 Å². The van der Waals surface area contributed by atoms with Crippen LogP contribution < -0.4 is 10.6 Å². The number of carbonyl (C=O) groups is 1. The molecule has 0 atom stereocenters. The van der Waals surface area contributed by atoms with Gasteiger partial charge in [-0.2, -0.15) is 0 Å². The zero-order chi connectivity index (χ0) is 14.8. The van der Waals surface area contributed by atoms with E-state index in [-0.39, 0.29) is 11.5 Å². The average Bonchev–Trinajstić information content (AvgIpc) is 2.39. The van der Waals surface area contributed by atoms with E-state index in [1.807, 2.05) is 12.1 Å². The number of rotatable bonds is 3. The van der Waals surface area contributed by atoms with E-state index in [4.69, 9.17) is 15.2 Å². The Labute approximate surface area is 119 Å². The van der Waals surface area contributed by atoms with Crippen LogP contribution in [0.5, 0.6) is 0 Å². The minimum Gasteiger partial charge on any atom is -0.462 e. The lowest BCUT2D eigenvalue weighted by atomic mass is 9.99. The molecule has 0 aromatic heterocycles. The molecule has 20 heavy (non-hydrogen) atoms. The average molecular weight is 278 g/mol. The molecule has 1 aliphatic rings. The summed E-state index contributed by atoms with van der Waals surface area (Å²) < 4.78 is 10.7. The van der Waals surface area contributed by atoms with Crippen molar-refractivity contribution in [3.63, 3.8) is 0 Å². The van der Waals surface area contributed by atoms with Gasteiger partial charge in [-0.25, -0.2) is 4.79 Å². The van der Waals surface area contributed by atoms with Crippen molar-refractivity contribution >= 4 is 17.3 Å². The van der Waals surface area contributed by atoms with E-state index >= 15 is 0 Å². The first-order valence-electron chi connectivity index (χ1n) is 6.88. The van der Waals surface area contributed by atoms with E-state index in [9.17, 15) is 4.79 Å². The maximum absolute atomic E-state index is 12.1. The SMILES string of the molecule is CCOC(=O)c1cc(N)ccc1N1CCOCC1(C)C. The van der Waals surface area contributed by atoms with Crippen LogP contribution in [0.2, 0.25) is 0 Å². The molecule has 2 rings (SSSR count). The fraction of sp³-hybridized carbons (Fsp3) is 0.533. The van der Waals surface area contributed by atoms with Gasteiger partial charge in [0.25, 0.3) is 0 Å². The number of ether oxygens (including phenoxy) is 2. The molecule has 110 valence electrons. The quantitative estimate of drug-likeness (QED) is 0.677. The van der Waals surface area contributed by atoms with E-state index in [1.165, 1.54) is 0 Å². The molecule has 1 aromatic rings. The number of hydrogen-bond acceptors (Lipinski definition) is 5. The molecule has 1 heterocycles. The van der Waals surface area contributed by atoms with Crippen molar-refractivity contribution in [1.29, 1.82) is 0 Å². The minimum absolute atomic E-state index is 0.171. The molecule has 1 saturated heterocycles. The smallest absolute Gasteiger partial charge is 0.340 e. The first-order chi connectivity index (χ1) is 9.45. The summed E-state index contributed by atoms with van der Waals surface area (Å²) in [4.78, 5) is 14.3. The molecule has 0 unspecified atom stereocenters. The first kappa shape index (κ1) is 14.7. The Hall–Kier alpha value is -1.75. The van der Waals surface area contributed by atoms with Crippen molar-refractivity contribution in [2.45, 2.75) is 26.3 Å². The summed E-state index contributed by atoms with van der Waals surface area (Å²) in [5, 5.41) is 0. The summed E-state index contributed by atoms with van der Waals surface area (Å²) in [5.41, 5.74) is 7.56. The Morgan fingerprint density at radius 1 is 1.50 bits per heavy atom. The summed E-state index contributed by atoms with van der Waals surface area (Å²) in [6, 6.07) is 5.37. The van der Waals surface area contributed by atoms with Gasteiger partial charge in [-0.3, -0.25) is 0 Å². The molecule has 5 nitrogen and oxygen atoms in total. The number of anilines is 2. The van der Waals surface area contributed by atoms with Crippen molar-refractivity contribution in [2.24, 2.45) is 0 Å². The predicted molar refractivity (Wildman–Crippen MR) is 79.1 cm³/mol. The molecule has 2 N–H and O–H groups in total. The lowest BCUT2D eigenvalue weighted by Crippen LogP contribution is -2.53. The number of benzene rings is 1. The summed E-state index contributed by atoms with van der Waals surface area (Å²) >= 11 is 0. The topological polar surface area (TPSA) is 64.8 Å². The van der Waals surface area contributed by atoms with Gasteiger partial charge in [0, 0.05) is 12.2 Å². The third kappa shape index (κ3) is 2.88. The lowest BCUT2D eigenvalue weighted by Gasteiger charge is -2.44. The summed E-state index contributed by atoms with van der Waals surface area (Å²) in [6.45, 7) is 8.34. The van der Waals surface area contributed by atoms with Gasteiger partial charge >= 0.3 is 5.97 Å². The number of carbonyl (C=O) groups excluding carboxylic acids is 1. The first-order valence-corrected chi connectivity index (χ1v) is 6.88. The second-order valence-corrected chi connectivity index (χ2v) is 5.51. The number of hydrogen-bond donors (Lipinski definition) is 1. The Morgan fingerprint density at radius 2 is 2.25 bits per heavy atom. The van der Waals surface area contributed by atoms with Crippen LogP contribution in [-0.2, 0) is 9.47 Å². The zero-order valence-corrected chi connectivity index (χ0v) is 12.3. The Balaban J connectivity index is 2.42. The zero-order valence-electron chi connectivity index (χ0n) is 12.3. The number of morpholine rings is 1. The van der Waals surface area contributed by atoms with Crippen LogP contribution in [-0.4, -0.2) is 37.9 Å². The second-order valence-electron chi connectivity index (χ2n) is 5.51. The fourth-order valence-electron chi connectivity index (χ4n) is 2.47. The van der Waals surface area contributed by atoms with Crippen LogP contribution in [0.3, 0.4) is 0 Å². The van der Waals surface area contributed by atoms with Crippen molar-refractivity contribution in [3.05, 3.63) is 23.8 Å². The van der Waals surface area contributed by atoms with E-state index in [2.05, 4.69) is 18.7 Å². The number of nitrogen functional groups attached to an aromatic ring is 1. The number of nitrogens with two attached hydrogens (primary N) is 1. The van der Waals surface area contributed by atoms with Crippen molar-refractivity contribution in [1.82, 2.24) is 0 Å². The molecule has 0 radical (unpaired) electrons. The van der Waals surface area contributed by atoms with Crippen molar-refractivity contribution in [3.8, 4) is 0 Å². The summed E-state index contributed by atoms with van der Waals surface area (Å²) in [5.74, 6) is -0.336. The van der Waals surface area contributed by atoms with E-state index in [1.54, 1.807) is 13.0 Å². The largest absolute Gasteiger partial charge is 0.462 e. The summed E-state index contributed by atoms with van der Waals surface area (Å²) in [7, 11) is 0. The number of nitrogens with zero attached hydrogens (tertiary/aromatic N) is 1. The van der Waals surface area contributed by atoms with Gasteiger partial charge in [0.15, 0.2) is 0 Å². The molecule has 1 aromatic carbocycles. The van der Waals surface area contributed by atoms with E-state index in [0.717, 1.165) is 12.2 Å². The van der Waals surface area contributed by atoms with Crippen LogP contribution in [0.4, 0.5) is 11.4 Å². The Kier molecular flexibility index (Phi) is 4.18. The molecule has 0 amide bonds. The standard InChI is InChI=1S/C15H22N2O3/c1-4-20-14(18)12-9-11(16)5-6-13(12)17-7-8-19-10-15(17,2)3/h5-6,9H,4,7-8,10,16H2,1-3H3. The molecule has 1 fully saturated rings. The number of esters is 1. The highest BCUT2D eigenvalue weighted by Crippen LogP contribution is 2.31. The van der Waals surface area contributed by atoms with E-state index < -0.39 is 0 Å². The molecule has 1 aliphatic heterocycles. The van der Waals surface area contributed by atoms with Crippen LogP contribution >= 0.6 is 0 Å². The van der Waals surface area contributed by atoms with Crippen LogP contribution in [0.25, 0.3) is 0 Å². The van der Waals surface area contributed by atoms with Crippen LogP contribution in [0, 0.1) is 0 Å². The molecule has 5 heteroatoms. The highest BCUT2D eigenvalue weighted by atomic mass is 16.5. The molecule has 0 aliphatic carbocycles. The maximum Gasteiger partial charge on any atom is 0.340 e. The minimum atomic E-state index is -0.336. The second kappa shape index (κ2) is 5.71. The molecular weight excluding hydrogens is 256 g/mol. The van der Waals surface area contributed by atoms with Gasteiger partial charge in [-0.05, 0) is 39.0 Å². The fourth-order valence-corrected chi connectivity index (χ4v) is 2.47. The normalized spacial score (nSPS) is 17.9. The van der Waals surface area contributed by atoms with Crippen LogP contribution in [0.15, 0.2) is 18.2 Å². The van der Waals surface area contributed by atoms with Crippen molar-refractivity contribution < 1.29 is 14.3 Å². The van der Waals surface area contributed by atoms with Gasteiger partial charge in [0.1, 0.15) is 0 Å². The molecule has 0 bridgehead atoms. The molecule has 0 spiro atoms. The monoisotopic (exact) mass is 278 g/mol.